The van der Waals surface area contributed by atoms with Gasteiger partial charge in [-0.05, 0) is 37.3 Å². The second-order valence-corrected chi connectivity index (χ2v) is 7.42. The Balaban J connectivity index is 2.04. The van der Waals surface area contributed by atoms with Crippen LogP contribution in [0.4, 0.5) is 5.69 Å². The van der Waals surface area contributed by atoms with Gasteiger partial charge in [-0.25, -0.2) is 8.42 Å². The van der Waals surface area contributed by atoms with Crippen molar-refractivity contribution in [3.8, 4) is 5.75 Å². The van der Waals surface area contributed by atoms with Gasteiger partial charge in [-0.1, -0.05) is 23.7 Å². The van der Waals surface area contributed by atoms with Crippen molar-refractivity contribution >= 4 is 33.1 Å². The molecule has 5 nitrogen and oxygen atoms in total. The van der Waals surface area contributed by atoms with Gasteiger partial charge in [0.2, 0.25) is 0 Å². The zero-order valence-corrected chi connectivity index (χ0v) is 13.9. The number of ether oxygens (including phenoxy) is 1. The third-order valence-electron chi connectivity index (χ3n) is 3.59. The first-order chi connectivity index (χ1) is 10.9. The van der Waals surface area contributed by atoms with Crippen molar-refractivity contribution in [3.05, 3.63) is 53.1 Å². The molecule has 0 spiro atoms. The van der Waals surface area contributed by atoms with Gasteiger partial charge in [0.1, 0.15) is 12.4 Å². The summed E-state index contributed by atoms with van der Waals surface area (Å²) in [5.74, 6) is 0.363. The average Bonchev–Trinajstić information content (AvgIpc) is 2.54. The molecule has 0 amide bonds. The molecule has 1 aliphatic rings. The first kappa shape index (κ1) is 15.8. The van der Waals surface area contributed by atoms with Gasteiger partial charge in [-0.15, -0.1) is 0 Å². The summed E-state index contributed by atoms with van der Waals surface area (Å²) in [4.78, 5) is 11.4. The Morgan fingerprint density at radius 3 is 2.52 bits per heavy atom. The standard InChI is InChI=1S/C16H14ClNO4S/c1-11(19)12-2-5-14(6-3-12)23(20,21)18-8-9-22-16-7-4-13(17)10-15(16)18/h2-7,10H,8-9H2,1H3. The minimum absolute atomic E-state index is 0.113. The molecule has 7 heteroatoms. The summed E-state index contributed by atoms with van der Waals surface area (Å²) in [5.41, 5.74) is 0.883. The number of carbonyl (C=O) groups excluding carboxylic acids is 1. The second kappa shape index (κ2) is 5.86. The second-order valence-electron chi connectivity index (χ2n) is 5.12. The smallest absolute Gasteiger partial charge is 0.264 e. The van der Waals surface area contributed by atoms with Gasteiger partial charge in [0, 0.05) is 10.6 Å². The van der Waals surface area contributed by atoms with E-state index in [0.717, 1.165) is 0 Å². The molecule has 0 fully saturated rings. The summed E-state index contributed by atoms with van der Waals surface area (Å²) in [6, 6.07) is 10.8. The van der Waals surface area contributed by atoms with Crippen LogP contribution in [0.5, 0.6) is 5.75 Å². The van der Waals surface area contributed by atoms with Crippen molar-refractivity contribution in [1.29, 1.82) is 0 Å². The Labute approximate surface area is 139 Å². The zero-order valence-electron chi connectivity index (χ0n) is 12.3. The molecule has 0 N–H and O–H groups in total. The van der Waals surface area contributed by atoms with Gasteiger partial charge in [0.05, 0.1) is 17.1 Å². The summed E-state index contributed by atoms with van der Waals surface area (Å²) in [5, 5.41) is 0.432. The number of carbonyl (C=O) groups is 1. The van der Waals surface area contributed by atoms with Gasteiger partial charge in [0.25, 0.3) is 10.0 Å². The largest absolute Gasteiger partial charge is 0.489 e. The van der Waals surface area contributed by atoms with Gasteiger partial charge < -0.3 is 4.74 Å². The molecular formula is C16H14ClNO4S. The van der Waals surface area contributed by atoms with E-state index in [1.807, 2.05) is 0 Å². The molecule has 0 atom stereocenters. The van der Waals surface area contributed by atoms with Gasteiger partial charge in [0.15, 0.2) is 5.78 Å². The highest BCUT2D eigenvalue weighted by Crippen LogP contribution is 2.37. The number of hydrogen-bond acceptors (Lipinski definition) is 4. The summed E-state index contributed by atoms with van der Waals surface area (Å²) < 4.78 is 32.5. The fraction of sp³-hybridized carbons (Fsp3) is 0.188. The van der Waals surface area contributed by atoms with E-state index >= 15 is 0 Å². The number of sulfonamides is 1. The molecule has 0 aliphatic carbocycles. The quantitative estimate of drug-likeness (QED) is 0.797. The van der Waals surface area contributed by atoms with Crippen LogP contribution in [0.2, 0.25) is 5.02 Å². The van der Waals surface area contributed by atoms with Crippen LogP contribution < -0.4 is 9.04 Å². The summed E-state index contributed by atoms with van der Waals surface area (Å²) in [7, 11) is -3.75. The van der Waals surface area contributed by atoms with Crippen molar-refractivity contribution in [2.45, 2.75) is 11.8 Å². The van der Waals surface area contributed by atoms with Crippen LogP contribution in [0.25, 0.3) is 0 Å². The monoisotopic (exact) mass is 351 g/mol. The molecule has 0 bridgehead atoms. The van der Waals surface area contributed by atoms with Crippen molar-refractivity contribution < 1.29 is 17.9 Å². The highest BCUT2D eigenvalue weighted by Gasteiger charge is 2.30. The molecule has 2 aromatic rings. The normalized spacial score (nSPS) is 14.1. The number of ketones is 1. The average molecular weight is 352 g/mol. The molecule has 23 heavy (non-hydrogen) atoms. The summed E-state index contributed by atoms with van der Waals surface area (Å²) in [6.45, 7) is 1.90. The van der Waals surface area contributed by atoms with E-state index < -0.39 is 10.0 Å². The molecule has 0 unspecified atom stereocenters. The molecule has 2 aromatic carbocycles. The lowest BCUT2D eigenvalue weighted by Gasteiger charge is -2.30. The summed E-state index contributed by atoms with van der Waals surface area (Å²) >= 11 is 5.98. The van der Waals surface area contributed by atoms with Crippen LogP contribution in [-0.4, -0.2) is 27.4 Å². The van der Waals surface area contributed by atoms with E-state index in [0.29, 0.717) is 22.0 Å². The number of rotatable bonds is 3. The predicted octanol–water partition coefficient (Wildman–Crippen LogP) is 3.13. The van der Waals surface area contributed by atoms with E-state index in [1.165, 1.54) is 35.5 Å². The minimum atomic E-state index is -3.75. The first-order valence-corrected chi connectivity index (χ1v) is 8.77. The van der Waals surface area contributed by atoms with Gasteiger partial charge in [-0.2, -0.15) is 0 Å². The van der Waals surface area contributed by atoms with Gasteiger partial charge in [-0.3, -0.25) is 9.10 Å². The molecule has 1 aliphatic heterocycles. The molecule has 3 rings (SSSR count). The molecule has 0 saturated carbocycles. The highest BCUT2D eigenvalue weighted by atomic mass is 35.5. The van der Waals surface area contributed by atoms with E-state index in [-0.39, 0.29) is 23.8 Å². The topological polar surface area (TPSA) is 63.7 Å². The third-order valence-corrected chi connectivity index (χ3v) is 5.65. The molecule has 120 valence electrons. The van der Waals surface area contributed by atoms with Gasteiger partial charge >= 0.3 is 0 Å². The maximum Gasteiger partial charge on any atom is 0.264 e. The number of benzene rings is 2. The Morgan fingerprint density at radius 1 is 1.17 bits per heavy atom. The fourth-order valence-electron chi connectivity index (χ4n) is 2.40. The number of halogens is 1. The van der Waals surface area contributed by atoms with Crippen LogP contribution in [0, 0.1) is 0 Å². The predicted molar refractivity (Wildman–Crippen MR) is 87.9 cm³/mol. The number of fused-ring (bicyclic) bond motifs is 1. The van der Waals surface area contributed by atoms with Crippen LogP contribution in [0.1, 0.15) is 17.3 Å². The fourth-order valence-corrected chi connectivity index (χ4v) is 4.02. The number of nitrogens with zero attached hydrogens (tertiary/aromatic N) is 1. The maximum absolute atomic E-state index is 12.9. The van der Waals surface area contributed by atoms with Crippen molar-refractivity contribution in [1.82, 2.24) is 0 Å². The van der Waals surface area contributed by atoms with Crippen molar-refractivity contribution in [2.75, 3.05) is 17.5 Å². The van der Waals surface area contributed by atoms with Crippen LogP contribution in [0.15, 0.2) is 47.4 Å². The van der Waals surface area contributed by atoms with E-state index in [9.17, 15) is 13.2 Å². The van der Waals surface area contributed by atoms with Crippen molar-refractivity contribution in [2.24, 2.45) is 0 Å². The minimum Gasteiger partial charge on any atom is -0.489 e. The molecule has 0 aromatic heterocycles. The molecule has 1 heterocycles. The SMILES string of the molecule is CC(=O)c1ccc(S(=O)(=O)N2CCOc3ccc(Cl)cc32)cc1. The van der Waals surface area contributed by atoms with E-state index in [2.05, 4.69) is 0 Å². The lowest BCUT2D eigenvalue weighted by Crippen LogP contribution is -2.37. The van der Waals surface area contributed by atoms with Crippen molar-refractivity contribution in [3.63, 3.8) is 0 Å². The lowest BCUT2D eigenvalue weighted by atomic mass is 10.2. The van der Waals surface area contributed by atoms with E-state index in [4.69, 9.17) is 16.3 Å². The zero-order chi connectivity index (χ0) is 16.6. The lowest BCUT2D eigenvalue weighted by molar-refractivity contribution is 0.101. The molecule has 0 radical (unpaired) electrons. The molecule has 0 saturated heterocycles. The Hall–Kier alpha value is -2.05. The number of anilines is 1. The Kier molecular flexibility index (Phi) is 4.04. The number of Topliss-reactive ketones (excluding diaryl/α,β-unsaturated/α-hetero) is 1. The van der Waals surface area contributed by atoms with Crippen LogP contribution >= 0.6 is 11.6 Å². The summed E-state index contributed by atoms with van der Waals surface area (Å²) in [6.07, 6.45) is 0. The van der Waals surface area contributed by atoms with Crippen LogP contribution in [-0.2, 0) is 10.0 Å². The third kappa shape index (κ3) is 2.92. The Morgan fingerprint density at radius 2 is 1.87 bits per heavy atom. The number of hydrogen-bond donors (Lipinski definition) is 0. The first-order valence-electron chi connectivity index (χ1n) is 6.96. The Bertz CT molecular complexity index is 862. The highest BCUT2D eigenvalue weighted by molar-refractivity contribution is 7.92. The molecular weight excluding hydrogens is 338 g/mol. The maximum atomic E-state index is 12.9. The van der Waals surface area contributed by atoms with E-state index in [1.54, 1.807) is 18.2 Å². The van der Waals surface area contributed by atoms with Crippen LogP contribution in [0.3, 0.4) is 0 Å².